The number of hydrogen-bond acceptors (Lipinski definition) is 5. The summed E-state index contributed by atoms with van der Waals surface area (Å²) < 4.78 is 32.6. The molecule has 3 aromatic carbocycles. The Hall–Kier alpha value is -3.36. The van der Waals surface area contributed by atoms with E-state index in [1.165, 1.54) is 24.3 Å². The first-order valence-electron chi connectivity index (χ1n) is 9.98. The molecule has 0 aliphatic rings. The van der Waals surface area contributed by atoms with Gasteiger partial charge in [0, 0.05) is 5.69 Å². The molecule has 3 rings (SSSR count). The highest BCUT2D eigenvalue weighted by molar-refractivity contribution is 7.92. The molecule has 2 N–H and O–H groups in total. The minimum absolute atomic E-state index is 0.0122. The number of amides is 1. The number of esters is 1. The Labute approximate surface area is 197 Å². The third-order valence-electron chi connectivity index (χ3n) is 4.73. The summed E-state index contributed by atoms with van der Waals surface area (Å²) >= 11 is 6.17. The fraction of sp³-hybridized carbons (Fsp3) is 0.167. The standard InChI is InChI=1S/C24H23ClN2O5S/c1-15-4-8-19(9-5-15)27-33(30,31)20-10-6-18(7-11-20)24(29)32-14-22(28)26-23-17(3)12-16(2)13-21(23)25/h4-13,27H,14H2,1-3H3,(H,26,28). The average Bonchev–Trinajstić information content (AvgIpc) is 2.76. The first-order valence-corrected chi connectivity index (χ1v) is 11.8. The number of hydrogen-bond donors (Lipinski definition) is 2. The van der Waals surface area contributed by atoms with E-state index in [0.717, 1.165) is 16.7 Å². The maximum absolute atomic E-state index is 12.5. The SMILES string of the molecule is Cc1ccc(NS(=O)(=O)c2ccc(C(=O)OCC(=O)Nc3c(C)cc(C)cc3Cl)cc2)cc1. The van der Waals surface area contributed by atoms with E-state index in [0.29, 0.717) is 16.4 Å². The molecule has 0 saturated carbocycles. The number of aryl methyl sites for hydroxylation is 3. The van der Waals surface area contributed by atoms with Gasteiger partial charge in [0.05, 0.1) is 21.2 Å². The highest BCUT2D eigenvalue weighted by Crippen LogP contribution is 2.27. The van der Waals surface area contributed by atoms with Crippen molar-refractivity contribution >= 4 is 44.9 Å². The van der Waals surface area contributed by atoms with Gasteiger partial charge in [-0.05, 0) is 74.4 Å². The van der Waals surface area contributed by atoms with Crippen LogP contribution in [-0.4, -0.2) is 26.9 Å². The van der Waals surface area contributed by atoms with Crippen molar-refractivity contribution in [1.29, 1.82) is 0 Å². The van der Waals surface area contributed by atoms with Crippen LogP contribution in [0.3, 0.4) is 0 Å². The second-order valence-electron chi connectivity index (χ2n) is 7.56. The molecule has 0 unspecified atom stereocenters. The van der Waals surface area contributed by atoms with E-state index in [2.05, 4.69) is 10.0 Å². The van der Waals surface area contributed by atoms with E-state index in [-0.39, 0.29) is 10.5 Å². The molecule has 1 amide bonds. The lowest BCUT2D eigenvalue weighted by Crippen LogP contribution is -2.21. The molecule has 0 fully saturated rings. The zero-order chi connectivity index (χ0) is 24.2. The number of sulfonamides is 1. The topological polar surface area (TPSA) is 102 Å². The second-order valence-corrected chi connectivity index (χ2v) is 9.65. The highest BCUT2D eigenvalue weighted by atomic mass is 35.5. The van der Waals surface area contributed by atoms with Crippen LogP contribution in [0.25, 0.3) is 0 Å². The van der Waals surface area contributed by atoms with Gasteiger partial charge in [0.15, 0.2) is 6.61 Å². The zero-order valence-corrected chi connectivity index (χ0v) is 19.9. The molecule has 172 valence electrons. The Morgan fingerprint density at radius 1 is 0.909 bits per heavy atom. The monoisotopic (exact) mass is 486 g/mol. The van der Waals surface area contributed by atoms with Crippen molar-refractivity contribution in [2.75, 3.05) is 16.6 Å². The molecule has 3 aromatic rings. The first-order chi connectivity index (χ1) is 15.5. The maximum atomic E-state index is 12.5. The number of nitrogens with one attached hydrogen (secondary N) is 2. The number of halogens is 1. The van der Waals surface area contributed by atoms with E-state index in [9.17, 15) is 18.0 Å². The molecule has 0 aromatic heterocycles. The van der Waals surface area contributed by atoms with Crippen molar-refractivity contribution in [2.45, 2.75) is 25.7 Å². The number of carbonyl (C=O) groups excluding carboxylic acids is 2. The lowest BCUT2D eigenvalue weighted by Gasteiger charge is -2.12. The van der Waals surface area contributed by atoms with Gasteiger partial charge in [0.25, 0.3) is 15.9 Å². The molecular formula is C24H23ClN2O5S. The quantitative estimate of drug-likeness (QED) is 0.464. The van der Waals surface area contributed by atoms with Crippen LogP contribution >= 0.6 is 11.6 Å². The van der Waals surface area contributed by atoms with Gasteiger partial charge in [-0.1, -0.05) is 35.4 Å². The fourth-order valence-corrected chi connectivity index (χ4v) is 4.50. The summed E-state index contributed by atoms with van der Waals surface area (Å²) in [5.41, 5.74) is 3.75. The molecule has 0 radical (unpaired) electrons. The lowest BCUT2D eigenvalue weighted by molar-refractivity contribution is -0.119. The van der Waals surface area contributed by atoms with Crippen molar-refractivity contribution in [3.8, 4) is 0 Å². The third kappa shape index (κ3) is 6.34. The van der Waals surface area contributed by atoms with E-state index < -0.39 is 28.5 Å². The van der Waals surface area contributed by atoms with E-state index in [1.54, 1.807) is 30.3 Å². The molecule has 9 heteroatoms. The minimum atomic E-state index is -3.82. The Balaban J connectivity index is 1.60. The summed E-state index contributed by atoms with van der Waals surface area (Å²) in [6, 6.07) is 15.7. The van der Waals surface area contributed by atoms with Crippen LogP contribution in [-0.2, 0) is 19.6 Å². The Morgan fingerprint density at radius 3 is 2.15 bits per heavy atom. The molecule has 33 heavy (non-hydrogen) atoms. The Bertz CT molecular complexity index is 1260. The normalized spacial score (nSPS) is 11.0. The van der Waals surface area contributed by atoms with Crippen LogP contribution in [0.5, 0.6) is 0 Å². The summed E-state index contributed by atoms with van der Waals surface area (Å²) in [6.45, 7) is 5.08. The predicted octanol–water partition coefficient (Wildman–Crippen LogP) is 4.86. The number of carbonyl (C=O) groups is 2. The van der Waals surface area contributed by atoms with Gasteiger partial charge in [-0.25, -0.2) is 13.2 Å². The summed E-state index contributed by atoms with van der Waals surface area (Å²) in [5, 5.41) is 3.02. The van der Waals surface area contributed by atoms with Crippen LogP contribution in [0.4, 0.5) is 11.4 Å². The summed E-state index contributed by atoms with van der Waals surface area (Å²) in [4.78, 5) is 24.4. The molecule has 7 nitrogen and oxygen atoms in total. The molecular weight excluding hydrogens is 464 g/mol. The van der Waals surface area contributed by atoms with Gasteiger partial charge >= 0.3 is 5.97 Å². The van der Waals surface area contributed by atoms with Crippen molar-refractivity contribution in [3.05, 3.63) is 87.9 Å². The Morgan fingerprint density at radius 2 is 1.55 bits per heavy atom. The number of benzene rings is 3. The molecule has 0 bridgehead atoms. The predicted molar refractivity (Wildman–Crippen MR) is 128 cm³/mol. The number of anilines is 2. The molecule has 0 aliphatic heterocycles. The molecule has 0 heterocycles. The summed E-state index contributed by atoms with van der Waals surface area (Å²) in [6.07, 6.45) is 0. The molecule has 0 spiro atoms. The Kier molecular flexibility index (Phi) is 7.40. The smallest absolute Gasteiger partial charge is 0.338 e. The van der Waals surface area contributed by atoms with Crippen LogP contribution in [0.1, 0.15) is 27.0 Å². The molecule has 0 aliphatic carbocycles. The zero-order valence-electron chi connectivity index (χ0n) is 18.3. The van der Waals surface area contributed by atoms with Gasteiger partial charge in [-0.2, -0.15) is 0 Å². The minimum Gasteiger partial charge on any atom is -0.452 e. The van der Waals surface area contributed by atoms with E-state index in [1.807, 2.05) is 26.8 Å². The summed E-state index contributed by atoms with van der Waals surface area (Å²) in [5.74, 6) is -1.30. The van der Waals surface area contributed by atoms with Crippen molar-refractivity contribution in [3.63, 3.8) is 0 Å². The van der Waals surface area contributed by atoms with Gasteiger partial charge in [-0.3, -0.25) is 9.52 Å². The molecule has 0 saturated heterocycles. The van der Waals surface area contributed by atoms with Crippen LogP contribution in [0.2, 0.25) is 5.02 Å². The van der Waals surface area contributed by atoms with Gasteiger partial charge in [0.1, 0.15) is 0 Å². The van der Waals surface area contributed by atoms with Crippen molar-refractivity contribution in [2.24, 2.45) is 0 Å². The van der Waals surface area contributed by atoms with Gasteiger partial charge < -0.3 is 10.1 Å². The van der Waals surface area contributed by atoms with E-state index in [4.69, 9.17) is 16.3 Å². The second kappa shape index (κ2) is 10.1. The van der Waals surface area contributed by atoms with Crippen LogP contribution < -0.4 is 10.0 Å². The first kappa shape index (κ1) is 24.3. The highest BCUT2D eigenvalue weighted by Gasteiger charge is 2.17. The molecule has 0 atom stereocenters. The van der Waals surface area contributed by atoms with Crippen LogP contribution in [0.15, 0.2) is 65.6 Å². The lowest BCUT2D eigenvalue weighted by atomic mass is 10.1. The van der Waals surface area contributed by atoms with Crippen LogP contribution in [0, 0.1) is 20.8 Å². The number of rotatable bonds is 7. The number of ether oxygens (including phenoxy) is 1. The van der Waals surface area contributed by atoms with Gasteiger partial charge in [-0.15, -0.1) is 0 Å². The largest absolute Gasteiger partial charge is 0.452 e. The fourth-order valence-electron chi connectivity index (χ4n) is 3.07. The van der Waals surface area contributed by atoms with E-state index >= 15 is 0 Å². The summed E-state index contributed by atoms with van der Waals surface area (Å²) in [7, 11) is -3.82. The van der Waals surface area contributed by atoms with Gasteiger partial charge in [0.2, 0.25) is 0 Å². The maximum Gasteiger partial charge on any atom is 0.338 e. The third-order valence-corrected chi connectivity index (χ3v) is 6.43. The van der Waals surface area contributed by atoms with Crippen molar-refractivity contribution < 1.29 is 22.7 Å². The average molecular weight is 487 g/mol. The van der Waals surface area contributed by atoms with Crippen molar-refractivity contribution in [1.82, 2.24) is 0 Å².